The molecule has 18 heavy (non-hydrogen) atoms. The molecule has 1 nitrogen and oxygen atoms in total. The van der Waals surface area contributed by atoms with Gasteiger partial charge in [0.1, 0.15) is 10.3 Å². The Morgan fingerprint density at radius 1 is 1.39 bits per heavy atom. The van der Waals surface area contributed by atoms with Crippen molar-refractivity contribution in [3.05, 3.63) is 33.1 Å². The van der Waals surface area contributed by atoms with Crippen LogP contribution in [0.1, 0.15) is 56.0 Å². The van der Waals surface area contributed by atoms with Crippen molar-refractivity contribution >= 4 is 39.7 Å². The monoisotopic (exact) mass is 305 g/mol. The Morgan fingerprint density at radius 3 is 2.22 bits per heavy atom. The minimum Gasteiger partial charge on any atom is -0.224 e. The van der Waals surface area contributed by atoms with Gasteiger partial charge in [0, 0.05) is 0 Å². The average Bonchev–Trinajstić information content (AvgIpc) is 2.60. The van der Waals surface area contributed by atoms with E-state index in [4.69, 9.17) is 23.2 Å². The molecule has 0 aliphatic rings. The molecule has 0 amide bonds. The minimum absolute atomic E-state index is 0.207. The number of hydrogen-bond donors (Lipinski definition) is 0. The molecule has 4 heteroatoms. The summed E-state index contributed by atoms with van der Waals surface area (Å²) in [5, 5.41) is 2.74. The molecule has 0 saturated heterocycles. The Morgan fingerprint density at radius 2 is 1.89 bits per heavy atom. The maximum Gasteiger partial charge on any atom is 0.148 e. The third kappa shape index (κ3) is 5.55. The fraction of sp³-hybridized carbons (Fsp3) is 0.500. The number of hydrogen-bond acceptors (Lipinski definition) is 2. The molecule has 0 aromatic carbocycles. The number of rotatable bonds is 3. The smallest absolute Gasteiger partial charge is 0.148 e. The molecular weight excluding hydrogens is 285 g/mol. The van der Waals surface area contributed by atoms with Gasteiger partial charge >= 0.3 is 0 Å². The first-order valence-corrected chi connectivity index (χ1v) is 7.65. The van der Waals surface area contributed by atoms with Crippen LogP contribution in [0.25, 0.3) is 0 Å². The molecule has 1 rings (SSSR count). The van der Waals surface area contributed by atoms with Gasteiger partial charge in [0.2, 0.25) is 0 Å². The van der Waals surface area contributed by atoms with Gasteiger partial charge < -0.3 is 0 Å². The first-order valence-electron chi connectivity index (χ1n) is 6.01. The summed E-state index contributed by atoms with van der Waals surface area (Å²) in [5.74, 6) is 0.499. The Bertz CT molecular complexity index is 419. The Hall–Kier alpha value is -0.310. The quantitative estimate of drug-likeness (QED) is 0.459. The van der Waals surface area contributed by atoms with Gasteiger partial charge in [-0.2, -0.15) is 0 Å². The van der Waals surface area contributed by atoms with Crippen LogP contribution >= 0.6 is 34.5 Å². The molecule has 1 aromatic rings. The van der Waals surface area contributed by atoms with E-state index in [1.165, 1.54) is 17.5 Å². The van der Waals surface area contributed by atoms with Crippen molar-refractivity contribution in [3.63, 3.8) is 0 Å². The summed E-state index contributed by atoms with van der Waals surface area (Å²) < 4.78 is 0. The SMILES string of the molecule is C=C(Cl)/N=C(/Cl)c1scc(C(C)C)c1C.CCC. The summed E-state index contributed by atoms with van der Waals surface area (Å²) in [6.45, 7) is 14.1. The van der Waals surface area contributed by atoms with Crippen LogP contribution in [0.4, 0.5) is 0 Å². The standard InChI is InChI=1S/C11H13Cl2NS.C3H8/c1-6(2)9-5-15-10(7(9)3)11(13)14-8(4)12;1-3-2/h5-6H,4H2,1-3H3;3H2,1-2H3/b14-11+;. The van der Waals surface area contributed by atoms with E-state index >= 15 is 0 Å². The number of nitrogens with zero attached hydrogens (tertiary/aromatic N) is 1. The van der Waals surface area contributed by atoms with Crippen molar-refractivity contribution < 1.29 is 0 Å². The maximum absolute atomic E-state index is 6.04. The molecule has 0 saturated carbocycles. The van der Waals surface area contributed by atoms with E-state index in [1.54, 1.807) is 11.3 Å². The van der Waals surface area contributed by atoms with Crippen LogP contribution in [0.2, 0.25) is 0 Å². The lowest BCUT2D eigenvalue weighted by atomic mass is 10.0. The summed E-state index contributed by atoms with van der Waals surface area (Å²) in [6.07, 6.45) is 1.25. The lowest BCUT2D eigenvalue weighted by molar-refractivity contribution is 0.863. The summed E-state index contributed by atoms with van der Waals surface area (Å²) in [6, 6.07) is 0. The normalized spacial score (nSPS) is 11.2. The summed E-state index contributed by atoms with van der Waals surface area (Å²) >= 11 is 13.2. The highest BCUT2D eigenvalue weighted by Crippen LogP contribution is 2.29. The van der Waals surface area contributed by atoms with Gasteiger partial charge in [-0.1, -0.05) is 63.9 Å². The second-order valence-corrected chi connectivity index (χ2v) is 5.96. The average molecular weight is 306 g/mol. The van der Waals surface area contributed by atoms with Crippen LogP contribution in [0, 0.1) is 6.92 Å². The highest BCUT2D eigenvalue weighted by atomic mass is 35.5. The highest BCUT2D eigenvalue weighted by molar-refractivity contribution is 7.14. The molecule has 0 spiro atoms. The van der Waals surface area contributed by atoms with Gasteiger partial charge in [0.15, 0.2) is 0 Å². The van der Waals surface area contributed by atoms with Gasteiger partial charge in [-0.25, -0.2) is 4.99 Å². The third-order valence-electron chi connectivity index (χ3n) is 2.11. The number of thiophene rings is 1. The largest absolute Gasteiger partial charge is 0.224 e. The van der Waals surface area contributed by atoms with Crippen LogP contribution in [0.5, 0.6) is 0 Å². The molecule has 1 heterocycles. The molecule has 0 bridgehead atoms. The van der Waals surface area contributed by atoms with Crippen LogP contribution in [-0.2, 0) is 0 Å². The van der Waals surface area contributed by atoms with Crippen LogP contribution < -0.4 is 0 Å². The molecule has 0 radical (unpaired) electrons. The zero-order valence-electron chi connectivity index (χ0n) is 11.7. The van der Waals surface area contributed by atoms with Crippen molar-refractivity contribution in [1.82, 2.24) is 0 Å². The second kappa shape index (κ2) is 8.73. The zero-order valence-corrected chi connectivity index (χ0v) is 14.0. The van der Waals surface area contributed by atoms with E-state index in [-0.39, 0.29) is 5.16 Å². The molecule has 0 aliphatic heterocycles. The molecule has 102 valence electrons. The molecule has 0 N–H and O–H groups in total. The van der Waals surface area contributed by atoms with Crippen molar-refractivity contribution in [2.45, 2.75) is 47.0 Å². The van der Waals surface area contributed by atoms with Crippen LogP contribution in [0.3, 0.4) is 0 Å². The van der Waals surface area contributed by atoms with Crippen molar-refractivity contribution in [1.29, 1.82) is 0 Å². The Kier molecular flexibility index (Phi) is 8.58. The predicted molar refractivity (Wildman–Crippen MR) is 86.5 cm³/mol. The van der Waals surface area contributed by atoms with Gasteiger partial charge in [-0.15, -0.1) is 11.3 Å². The van der Waals surface area contributed by atoms with E-state index in [1.807, 2.05) is 0 Å². The minimum atomic E-state index is 0.207. The number of halogens is 2. The van der Waals surface area contributed by atoms with Crippen molar-refractivity contribution in [2.75, 3.05) is 0 Å². The molecular formula is C14H21Cl2NS. The molecule has 1 aromatic heterocycles. The first kappa shape index (κ1) is 17.7. The predicted octanol–water partition coefficient (Wildman–Crippen LogP) is 6.29. The number of aliphatic imine (C=N–C) groups is 1. The lowest BCUT2D eigenvalue weighted by Gasteiger charge is -2.04. The summed E-state index contributed by atoms with van der Waals surface area (Å²) in [7, 11) is 0. The second-order valence-electron chi connectivity index (χ2n) is 4.29. The van der Waals surface area contributed by atoms with E-state index in [0.717, 1.165) is 4.88 Å². The summed E-state index contributed by atoms with van der Waals surface area (Å²) in [5.41, 5.74) is 2.49. The van der Waals surface area contributed by atoms with Crippen molar-refractivity contribution in [3.8, 4) is 0 Å². The van der Waals surface area contributed by atoms with Crippen LogP contribution in [-0.4, -0.2) is 5.17 Å². The Labute approximate surface area is 125 Å². The summed E-state index contributed by atoms with van der Waals surface area (Å²) in [4.78, 5) is 4.92. The van der Waals surface area contributed by atoms with Gasteiger partial charge in [0.25, 0.3) is 0 Å². The van der Waals surface area contributed by atoms with Crippen LogP contribution in [0.15, 0.2) is 22.1 Å². The van der Waals surface area contributed by atoms with E-state index in [0.29, 0.717) is 11.1 Å². The topological polar surface area (TPSA) is 12.4 Å². The van der Waals surface area contributed by atoms with E-state index in [9.17, 15) is 0 Å². The first-order chi connectivity index (χ1) is 8.34. The molecule has 0 aliphatic carbocycles. The van der Waals surface area contributed by atoms with Crippen molar-refractivity contribution in [2.24, 2.45) is 4.99 Å². The maximum atomic E-state index is 6.04. The Balaban J connectivity index is 0.000000873. The fourth-order valence-corrected chi connectivity index (χ4v) is 3.00. The molecule has 0 unspecified atom stereocenters. The highest BCUT2D eigenvalue weighted by Gasteiger charge is 2.13. The fourth-order valence-electron chi connectivity index (χ4n) is 1.36. The van der Waals surface area contributed by atoms with Gasteiger partial charge in [0.05, 0.1) is 4.88 Å². The molecule has 0 fully saturated rings. The zero-order chi connectivity index (χ0) is 14.3. The van der Waals surface area contributed by atoms with Gasteiger partial charge in [-0.05, 0) is 29.3 Å². The lowest BCUT2D eigenvalue weighted by Crippen LogP contribution is -1.93. The van der Waals surface area contributed by atoms with E-state index < -0.39 is 0 Å². The van der Waals surface area contributed by atoms with E-state index in [2.05, 4.69) is 51.6 Å². The molecule has 0 atom stereocenters. The third-order valence-corrected chi connectivity index (χ3v) is 3.68. The van der Waals surface area contributed by atoms with Gasteiger partial charge in [-0.3, -0.25) is 0 Å².